The third-order valence-electron chi connectivity index (χ3n) is 4.45. The molecule has 0 heterocycles. The molecule has 0 rings (SSSR count). The Hall–Kier alpha value is 0.259. The van der Waals surface area contributed by atoms with Gasteiger partial charge in [0, 0.05) is 0 Å². The largest absolute Gasteiger partial charge is 2.00 e. The van der Waals surface area contributed by atoms with E-state index in [1.54, 1.807) is 0 Å². The van der Waals surface area contributed by atoms with Gasteiger partial charge in [0.15, 0.2) is 0 Å². The first kappa shape index (κ1) is 35.8. The predicted octanol–water partition coefficient (Wildman–Crippen LogP) is 5.21. The van der Waals surface area contributed by atoms with Crippen LogP contribution in [0.25, 0.3) is 0 Å². The summed E-state index contributed by atoms with van der Waals surface area (Å²) in [6.07, 6.45) is 17.8. The molecule has 0 spiro atoms. The van der Waals surface area contributed by atoms with E-state index in [2.05, 4.69) is 22.2 Å². The van der Waals surface area contributed by atoms with Crippen molar-refractivity contribution in [3.63, 3.8) is 0 Å². The molecular formula is C20H42FeO8S2. The van der Waals surface area contributed by atoms with Crippen molar-refractivity contribution in [3.05, 3.63) is 0 Å². The molecular weight excluding hydrogens is 488 g/mol. The van der Waals surface area contributed by atoms with Crippen molar-refractivity contribution < 1.29 is 51.4 Å². The molecule has 0 N–H and O–H groups in total. The molecule has 0 radical (unpaired) electrons. The Morgan fingerprint density at radius 3 is 0.935 bits per heavy atom. The number of hydrogen-bond acceptors (Lipinski definition) is 8. The van der Waals surface area contributed by atoms with Crippen LogP contribution in [0.5, 0.6) is 0 Å². The van der Waals surface area contributed by atoms with E-state index in [1.165, 1.54) is 64.2 Å². The van der Waals surface area contributed by atoms with Crippen LogP contribution in [0.4, 0.5) is 0 Å². The Morgan fingerprint density at radius 1 is 0.484 bits per heavy atom. The monoisotopic (exact) mass is 530 g/mol. The van der Waals surface area contributed by atoms with Crippen molar-refractivity contribution in [3.8, 4) is 0 Å². The molecule has 8 nitrogen and oxygen atoms in total. The summed E-state index contributed by atoms with van der Waals surface area (Å²) in [6, 6.07) is 0. The van der Waals surface area contributed by atoms with Crippen molar-refractivity contribution in [2.75, 3.05) is 13.2 Å². The third-order valence-corrected chi connectivity index (χ3v) is 5.36. The molecule has 0 amide bonds. The number of hydrogen-bond donors (Lipinski definition) is 0. The zero-order valence-electron chi connectivity index (χ0n) is 19.2. The van der Waals surface area contributed by atoms with Gasteiger partial charge in [0.05, 0.1) is 13.2 Å². The predicted molar refractivity (Wildman–Crippen MR) is 117 cm³/mol. The summed E-state index contributed by atoms with van der Waals surface area (Å²) in [6.45, 7) is 4.42. The third kappa shape index (κ3) is 41.1. The second-order valence-electron chi connectivity index (χ2n) is 7.41. The van der Waals surface area contributed by atoms with Crippen LogP contribution in [0.2, 0.25) is 0 Å². The van der Waals surface area contributed by atoms with Gasteiger partial charge in [-0.3, -0.25) is 8.37 Å². The maximum absolute atomic E-state index is 10.1. The molecule has 11 heteroatoms. The smallest absolute Gasteiger partial charge is 0.726 e. The van der Waals surface area contributed by atoms with Crippen LogP contribution in [-0.2, 0) is 46.2 Å². The Bertz CT molecular complexity index is 504. The fourth-order valence-electron chi connectivity index (χ4n) is 2.79. The van der Waals surface area contributed by atoms with Gasteiger partial charge in [-0.1, -0.05) is 104 Å². The Balaban J connectivity index is -0.000000490. The van der Waals surface area contributed by atoms with E-state index in [0.717, 1.165) is 25.7 Å². The average molecular weight is 531 g/mol. The Labute approximate surface area is 201 Å². The average Bonchev–Trinajstić information content (AvgIpc) is 2.64. The van der Waals surface area contributed by atoms with Crippen molar-refractivity contribution >= 4 is 20.8 Å². The Kier molecular flexibility index (Phi) is 28.8. The standard InChI is InChI=1S/2C10H22O4S.Fe/c2*1-2-3-4-5-6-7-8-9-10-14-15(11,12)13;/h2*2-10H2,1H3,(H,11,12,13);/q;;+2/p-2. The molecule has 190 valence electrons. The van der Waals surface area contributed by atoms with Gasteiger partial charge < -0.3 is 9.11 Å². The van der Waals surface area contributed by atoms with Gasteiger partial charge in [0.1, 0.15) is 0 Å². The molecule has 0 aliphatic rings. The minimum absolute atomic E-state index is 0. The first-order valence-electron chi connectivity index (χ1n) is 11.3. The molecule has 0 unspecified atom stereocenters. The van der Waals surface area contributed by atoms with Crippen LogP contribution in [0.15, 0.2) is 0 Å². The summed E-state index contributed by atoms with van der Waals surface area (Å²) in [7, 11) is -8.96. The van der Waals surface area contributed by atoms with Gasteiger partial charge in [-0.15, -0.1) is 0 Å². The summed E-state index contributed by atoms with van der Waals surface area (Å²) in [5.41, 5.74) is 0. The van der Waals surface area contributed by atoms with E-state index in [1.807, 2.05) is 0 Å². The molecule has 31 heavy (non-hydrogen) atoms. The first-order valence-corrected chi connectivity index (χ1v) is 14.0. The summed E-state index contributed by atoms with van der Waals surface area (Å²) in [4.78, 5) is 0. The van der Waals surface area contributed by atoms with Gasteiger partial charge in [-0.05, 0) is 12.8 Å². The van der Waals surface area contributed by atoms with Crippen molar-refractivity contribution in [1.29, 1.82) is 0 Å². The summed E-state index contributed by atoms with van der Waals surface area (Å²) >= 11 is 0. The van der Waals surface area contributed by atoms with Gasteiger partial charge in [0.25, 0.3) is 0 Å². The van der Waals surface area contributed by atoms with Crippen LogP contribution >= 0.6 is 0 Å². The minimum Gasteiger partial charge on any atom is -0.726 e. The van der Waals surface area contributed by atoms with Crippen LogP contribution in [-0.4, -0.2) is 39.2 Å². The second kappa shape index (κ2) is 24.9. The fourth-order valence-corrected chi connectivity index (χ4v) is 3.44. The molecule has 0 aromatic rings. The number of unbranched alkanes of at least 4 members (excludes halogenated alkanes) is 14. The van der Waals surface area contributed by atoms with Gasteiger partial charge >= 0.3 is 17.1 Å². The SMILES string of the molecule is CCCCCCCCCCOS(=O)(=O)[O-].CCCCCCCCCCOS(=O)(=O)[O-].[Fe+2]. The molecule has 0 atom stereocenters. The second-order valence-corrected chi connectivity index (χ2v) is 9.51. The molecule has 0 aliphatic heterocycles. The molecule has 0 bridgehead atoms. The van der Waals surface area contributed by atoms with Gasteiger partial charge in [-0.2, -0.15) is 0 Å². The van der Waals surface area contributed by atoms with E-state index in [4.69, 9.17) is 0 Å². The zero-order valence-corrected chi connectivity index (χ0v) is 21.9. The quantitative estimate of drug-likeness (QED) is 0.0907. The molecule has 0 aromatic carbocycles. The van der Waals surface area contributed by atoms with Crippen molar-refractivity contribution in [1.82, 2.24) is 0 Å². The minimum atomic E-state index is -4.48. The van der Waals surface area contributed by atoms with Gasteiger partial charge in [0.2, 0.25) is 20.8 Å². The van der Waals surface area contributed by atoms with E-state index < -0.39 is 20.8 Å². The maximum atomic E-state index is 10.1. The van der Waals surface area contributed by atoms with Crippen molar-refractivity contribution in [2.24, 2.45) is 0 Å². The molecule has 0 aliphatic carbocycles. The van der Waals surface area contributed by atoms with E-state index in [0.29, 0.717) is 12.8 Å². The molecule has 0 aromatic heterocycles. The summed E-state index contributed by atoms with van der Waals surface area (Å²) < 4.78 is 68.5. The fraction of sp³-hybridized carbons (Fsp3) is 1.00. The van der Waals surface area contributed by atoms with Gasteiger partial charge in [-0.25, -0.2) is 16.8 Å². The van der Waals surface area contributed by atoms with Crippen LogP contribution in [0.3, 0.4) is 0 Å². The first-order chi connectivity index (χ1) is 14.1. The molecule has 0 saturated carbocycles. The molecule has 0 fully saturated rings. The van der Waals surface area contributed by atoms with E-state index in [9.17, 15) is 25.9 Å². The van der Waals surface area contributed by atoms with Crippen LogP contribution in [0.1, 0.15) is 117 Å². The Morgan fingerprint density at radius 2 is 0.710 bits per heavy atom. The van der Waals surface area contributed by atoms with Crippen molar-refractivity contribution in [2.45, 2.75) is 117 Å². The summed E-state index contributed by atoms with van der Waals surface area (Å²) in [5.74, 6) is 0. The molecule has 0 saturated heterocycles. The van der Waals surface area contributed by atoms with E-state index in [-0.39, 0.29) is 30.3 Å². The van der Waals surface area contributed by atoms with E-state index >= 15 is 0 Å². The normalized spacial score (nSPS) is 11.5. The topological polar surface area (TPSA) is 133 Å². The zero-order chi connectivity index (χ0) is 23.1. The maximum Gasteiger partial charge on any atom is 2.00 e. The summed E-state index contributed by atoms with van der Waals surface area (Å²) in [5, 5.41) is 0. The van der Waals surface area contributed by atoms with Crippen LogP contribution < -0.4 is 0 Å². The number of rotatable bonds is 20. The van der Waals surface area contributed by atoms with Crippen LogP contribution in [0, 0.1) is 0 Å².